The molecular formula is C8H14F3N3O. The van der Waals surface area contributed by atoms with E-state index in [2.05, 4.69) is 0 Å². The zero-order valence-corrected chi connectivity index (χ0v) is 8.26. The van der Waals surface area contributed by atoms with Crippen molar-refractivity contribution in [2.24, 2.45) is 5.73 Å². The summed E-state index contributed by atoms with van der Waals surface area (Å²) in [4.78, 5) is 13.6. The summed E-state index contributed by atoms with van der Waals surface area (Å²) in [5.74, 6) is 0. The van der Waals surface area contributed by atoms with Crippen LogP contribution in [0.5, 0.6) is 0 Å². The van der Waals surface area contributed by atoms with E-state index >= 15 is 0 Å². The molecule has 1 rings (SSSR count). The molecule has 1 saturated heterocycles. The highest BCUT2D eigenvalue weighted by atomic mass is 19.4. The van der Waals surface area contributed by atoms with E-state index in [4.69, 9.17) is 5.73 Å². The molecule has 0 spiro atoms. The van der Waals surface area contributed by atoms with Gasteiger partial charge in [-0.3, -0.25) is 0 Å². The summed E-state index contributed by atoms with van der Waals surface area (Å²) in [7, 11) is 0. The van der Waals surface area contributed by atoms with E-state index < -0.39 is 18.8 Å². The number of nitrogens with two attached hydrogens (primary N) is 1. The van der Waals surface area contributed by atoms with Gasteiger partial charge in [0.1, 0.15) is 6.54 Å². The molecular weight excluding hydrogens is 211 g/mol. The number of alkyl halides is 3. The van der Waals surface area contributed by atoms with Crippen LogP contribution >= 0.6 is 0 Å². The monoisotopic (exact) mass is 225 g/mol. The number of hydrogen-bond acceptors (Lipinski definition) is 2. The first kappa shape index (κ1) is 12.1. The summed E-state index contributed by atoms with van der Waals surface area (Å²) < 4.78 is 36.1. The predicted octanol–water partition coefficient (Wildman–Crippen LogP) is 0.635. The van der Waals surface area contributed by atoms with Gasteiger partial charge in [0.05, 0.1) is 0 Å². The van der Waals surface area contributed by atoms with Crippen LogP contribution in [0.25, 0.3) is 0 Å². The topological polar surface area (TPSA) is 49.6 Å². The average molecular weight is 225 g/mol. The first-order valence-electron chi connectivity index (χ1n) is 4.74. The molecule has 88 valence electrons. The molecule has 4 nitrogen and oxygen atoms in total. The Bertz CT molecular complexity index is 232. The zero-order valence-electron chi connectivity index (χ0n) is 8.26. The van der Waals surface area contributed by atoms with Gasteiger partial charge in [-0.2, -0.15) is 13.2 Å². The van der Waals surface area contributed by atoms with Gasteiger partial charge in [-0.25, -0.2) is 4.79 Å². The zero-order chi connectivity index (χ0) is 11.5. The highest BCUT2D eigenvalue weighted by molar-refractivity contribution is 5.76. The van der Waals surface area contributed by atoms with Crippen LogP contribution in [0.3, 0.4) is 0 Å². The Hall–Kier alpha value is -0.980. The van der Waals surface area contributed by atoms with Gasteiger partial charge in [-0.1, -0.05) is 0 Å². The van der Waals surface area contributed by atoms with Gasteiger partial charge in [-0.05, 0) is 13.0 Å². The number of carbonyl (C=O) groups is 1. The summed E-state index contributed by atoms with van der Waals surface area (Å²) in [6.45, 7) is 0.204. The third kappa shape index (κ3) is 3.58. The molecule has 0 bridgehead atoms. The lowest BCUT2D eigenvalue weighted by molar-refractivity contribution is -0.138. The number of carbonyl (C=O) groups excluding carboxylic acids is 1. The van der Waals surface area contributed by atoms with Crippen molar-refractivity contribution < 1.29 is 18.0 Å². The maximum absolute atomic E-state index is 12.0. The van der Waals surface area contributed by atoms with E-state index in [1.54, 1.807) is 0 Å². The largest absolute Gasteiger partial charge is 0.406 e. The van der Waals surface area contributed by atoms with E-state index in [0.717, 1.165) is 4.90 Å². The molecule has 0 aromatic heterocycles. The second-order valence-electron chi connectivity index (χ2n) is 3.45. The fraction of sp³-hybridized carbons (Fsp3) is 0.875. The summed E-state index contributed by atoms with van der Waals surface area (Å²) >= 11 is 0. The SMILES string of the molecule is NCCCN1CCN(CC(F)(F)F)C1=O. The Morgan fingerprint density at radius 2 is 1.87 bits per heavy atom. The molecule has 1 fully saturated rings. The molecule has 0 unspecified atom stereocenters. The van der Waals surface area contributed by atoms with Crippen LogP contribution in [0.2, 0.25) is 0 Å². The number of nitrogens with zero attached hydrogens (tertiary/aromatic N) is 2. The summed E-state index contributed by atoms with van der Waals surface area (Å²) in [6, 6.07) is -0.541. The number of amides is 2. The number of rotatable bonds is 4. The van der Waals surface area contributed by atoms with Gasteiger partial charge in [-0.15, -0.1) is 0 Å². The third-order valence-electron chi connectivity index (χ3n) is 2.18. The predicted molar refractivity (Wildman–Crippen MR) is 48.3 cm³/mol. The Morgan fingerprint density at radius 1 is 1.27 bits per heavy atom. The number of hydrogen-bond donors (Lipinski definition) is 1. The molecule has 0 aliphatic carbocycles. The molecule has 15 heavy (non-hydrogen) atoms. The van der Waals surface area contributed by atoms with Gasteiger partial charge < -0.3 is 15.5 Å². The first-order valence-corrected chi connectivity index (χ1v) is 4.74. The van der Waals surface area contributed by atoms with Crippen molar-refractivity contribution in [1.29, 1.82) is 0 Å². The van der Waals surface area contributed by atoms with E-state index in [9.17, 15) is 18.0 Å². The molecule has 1 aliphatic heterocycles. The summed E-state index contributed by atoms with van der Waals surface area (Å²) in [5.41, 5.74) is 5.26. The molecule has 0 radical (unpaired) electrons. The summed E-state index contributed by atoms with van der Waals surface area (Å²) in [5, 5.41) is 0. The van der Waals surface area contributed by atoms with E-state index in [0.29, 0.717) is 26.1 Å². The number of halogens is 3. The molecule has 2 amide bonds. The van der Waals surface area contributed by atoms with E-state index in [1.165, 1.54) is 4.90 Å². The average Bonchev–Trinajstić information content (AvgIpc) is 2.43. The third-order valence-corrected chi connectivity index (χ3v) is 2.18. The number of urea groups is 1. The van der Waals surface area contributed by atoms with Crippen molar-refractivity contribution in [3.8, 4) is 0 Å². The lowest BCUT2D eigenvalue weighted by atomic mass is 10.4. The molecule has 0 aromatic rings. The lowest BCUT2D eigenvalue weighted by Gasteiger charge is -2.19. The Labute approximate surface area is 85.8 Å². The van der Waals surface area contributed by atoms with Crippen LogP contribution in [-0.4, -0.2) is 54.7 Å². The highest BCUT2D eigenvalue weighted by Gasteiger charge is 2.37. The minimum atomic E-state index is -4.32. The van der Waals surface area contributed by atoms with Crippen LogP contribution in [0.1, 0.15) is 6.42 Å². The fourth-order valence-electron chi connectivity index (χ4n) is 1.49. The minimum Gasteiger partial charge on any atom is -0.330 e. The maximum atomic E-state index is 12.0. The van der Waals surface area contributed by atoms with E-state index in [-0.39, 0.29) is 6.54 Å². The second-order valence-corrected chi connectivity index (χ2v) is 3.45. The standard InChI is InChI=1S/C8H14F3N3O/c9-8(10,11)6-14-5-4-13(7(14)15)3-1-2-12/h1-6,12H2. The molecule has 0 aromatic carbocycles. The van der Waals surface area contributed by atoms with Crippen LogP contribution in [-0.2, 0) is 0 Å². The van der Waals surface area contributed by atoms with Crippen molar-refractivity contribution in [3.05, 3.63) is 0 Å². The van der Waals surface area contributed by atoms with Crippen LogP contribution in [0.15, 0.2) is 0 Å². The van der Waals surface area contributed by atoms with Gasteiger partial charge >= 0.3 is 12.2 Å². The van der Waals surface area contributed by atoms with Crippen molar-refractivity contribution in [2.75, 3.05) is 32.7 Å². The second kappa shape index (κ2) is 4.69. The molecule has 0 saturated carbocycles. The highest BCUT2D eigenvalue weighted by Crippen LogP contribution is 2.19. The van der Waals surface area contributed by atoms with Crippen LogP contribution < -0.4 is 5.73 Å². The Kier molecular flexibility index (Phi) is 3.78. The van der Waals surface area contributed by atoms with E-state index in [1.807, 2.05) is 0 Å². The fourth-order valence-corrected chi connectivity index (χ4v) is 1.49. The lowest BCUT2D eigenvalue weighted by Crippen LogP contribution is -2.38. The minimum absolute atomic E-state index is 0.142. The molecule has 2 N–H and O–H groups in total. The maximum Gasteiger partial charge on any atom is 0.406 e. The van der Waals surface area contributed by atoms with Crippen LogP contribution in [0.4, 0.5) is 18.0 Å². The smallest absolute Gasteiger partial charge is 0.330 e. The van der Waals surface area contributed by atoms with Crippen molar-refractivity contribution >= 4 is 6.03 Å². The Morgan fingerprint density at radius 3 is 2.40 bits per heavy atom. The molecule has 1 aliphatic rings. The van der Waals surface area contributed by atoms with Gasteiger partial charge in [0.15, 0.2) is 0 Å². The Balaban J connectivity index is 2.42. The van der Waals surface area contributed by atoms with Crippen molar-refractivity contribution in [2.45, 2.75) is 12.6 Å². The van der Waals surface area contributed by atoms with Gasteiger partial charge in [0.2, 0.25) is 0 Å². The first-order chi connectivity index (χ1) is 6.94. The quantitative estimate of drug-likeness (QED) is 0.763. The van der Waals surface area contributed by atoms with Crippen molar-refractivity contribution in [3.63, 3.8) is 0 Å². The van der Waals surface area contributed by atoms with Crippen LogP contribution in [0, 0.1) is 0 Å². The van der Waals surface area contributed by atoms with Crippen molar-refractivity contribution in [1.82, 2.24) is 9.80 Å². The molecule has 0 atom stereocenters. The van der Waals surface area contributed by atoms with Gasteiger partial charge in [0.25, 0.3) is 0 Å². The molecule has 7 heteroatoms. The summed E-state index contributed by atoms with van der Waals surface area (Å²) in [6.07, 6.45) is -3.70. The van der Waals surface area contributed by atoms with Gasteiger partial charge in [0, 0.05) is 19.6 Å². The molecule has 1 heterocycles. The normalized spacial score (nSPS) is 17.7.